The lowest BCUT2D eigenvalue weighted by atomic mass is 9.84. The normalized spacial score (nSPS) is 32.7. The molecule has 1 saturated carbocycles. The molecule has 0 bridgehead atoms. The van der Waals surface area contributed by atoms with Gasteiger partial charge in [0.15, 0.2) is 0 Å². The molecule has 1 aromatic heterocycles. The van der Waals surface area contributed by atoms with Crippen molar-refractivity contribution in [2.24, 2.45) is 11.8 Å². The third kappa shape index (κ3) is 2.89. The number of hydrogen-bond acceptors (Lipinski definition) is 5. The fraction of sp³-hybridized carbons (Fsp3) is 0.588. The zero-order valence-corrected chi connectivity index (χ0v) is 13.6. The predicted octanol–water partition coefficient (Wildman–Crippen LogP) is 0.861. The molecule has 128 valence electrons. The van der Waals surface area contributed by atoms with Crippen molar-refractivity contribution < 1.29 is 9.59 Å². The average molecular weight is 329 g/mol. The number of anilines is 1. The van der Waals surface area contributed by atoms with Crippen LogP contribution in [0.2, 0.25) is 0 Å². The van der Waals surface area contributed by atoms with E-state index in [1.807, 2.05) is 4.90 Å². The molecule has 3 fully saturated rings. The molecule has 4 unspecified atom stereocenters. The SMILES string of the molecule is O=C(Nc1cccnc1)C1CC(=O)N(C2NNC3CCCCC32)C1. The van der Waals surface area contributed by atoms with Crippen molar-refractivity contribution in [1.82, 2.24) is 20.7 Å². The number of hydrogen-bond donors (Lipinski definition) is 3. The van der Waals surface area contributed by atoms with Crippen LogP contribution in [0.4, 0.5) is 5.69 Å². The van der Waals surface area contributed by atoms with Gasteiger partial charge in [-0.15, -0.1) is 0 Å². The summed E-state index contributed by atoms with van der Waals surface area (Å²) >= 11 is 0. The number of hydrazine groups is 1. The Morgan fingerprint density at radius 1 is 1.29 bits per heavy atom. The first-order valence-corrected chi connectivity index (χ1v) is 8.74. The molecule has 3 heterocycles. The lowest BCUT2D eigenvalue weighted by Crippen LogP contribution is -2.48. The summed E-state index contributed by atoms with van der Waals surface area (Å²) in [6.07, 6.45) is 8.31. The molecule has 2 saturated heterocycles. The minimum atomic E-state index is -0.304. The number of carbonyl (C=O) groups is 2. The van der Waals surface area contributed by atoms with Gasteiger partial charge < -0.3 is 10.2 Å². The Bertz CT molecular complexity index is 623. The summed E-state index contributed by atoms with van der Waals surface area (Å²) in [5, 5.41) is 2.86. The number of aromatic nitrogens is 1. The maximum atomic E-state index is 12.5. The molecule has 0 radical (unpaired) electrons. The van der Waals surface area contributed by atoms with Crippen molar-refractivity contribution in [2.75, 3.05) is 11.9 Å². The van der Waals surface area contributed by atoms with E-state index in [1.165, 1.54) is 12.8 Å². The van der Waals surface area contributed by atoms with Gasteiger partial charge in [0.2, 0.25) is 11.8 Å². The molecule has 0 spiro atoms. The molecule has 0 aromatic carbocycles. The number of likely N-dealkylation sites (tertiary alicyclic amines) is 1. The lowest BCUT2D eigenvalue weighted by Gasteiger charge is -2.32. The van der Waals surface area contributed by atoms with E-state index >= 15 is 0 Å². The summed E-state index contributed by atoms with van der Waals surface area (Å²) in [6, 6.07) is 4.02. The smallest absolute Gasteiger partial charge is 0.229 e. The first-order valence-electron chi connectivity index (χ1n) is 8.74. The zero-order chi connectivity index (χ0) is 16.5. The molecule has 4 rings (SSSR count). The number of nitrogens with zero attached hydrogens (tertiary/aromatic N) is 2. The highest BCUT2D eigenvalue weighted by Crippen LogP contribution is 2.34. The summed E-state index contributed by atoms with van der Waals surface area (Å²) in [5.74, 6) is 0.0989. The number of rotatable bonds is 3. The fourth-order valence-electron chi connectivity index (χ4n) is 4.18. The highest BCUT2D eigenvalue weighted by Gasteiger charge is 2.46. The van der Waals surface area contributed by atoms with Gasteiger partial charge in [0.25, 0.3) is 0 Å². The molecule has 2 amide bonds. The first kappa shape index (κ1) is 15.5. The highest BCUT2D eigenvalue weighted by atomic mass is 16.2. The van der Waals surface area contributed by atoms with Gasteiger partial charge in [-0.05, 0) is 25.0 Å². The Balaban J connectivity index is 1.40. The number of amides is 2. The second-order valence-electron chi connectivity index (χ2n) is 6.97. The van der Waals surface area contributed by atoms with E-state index in [1.54, 1.807) is 24.5 Å². The van der Waals surface area contributed by atoms with Gasteiger partial charge in [-0.1, -0.05) is 12.8 Å². The van der Waals surface area contributed by atoms with Crippen LogP contribution in [0.15, 0.2) is 24.5 Å². The molecular formula is C17H23N5O2. The predicted molar refractivity (Wildman–Crippen MR) is 88.5 cm³/mol. The minimum absolute atomic E-state index is 0.0130. The summed E-state index contributed by atoms with van der Waals surface area (Å²) in [7, 11) is 0. The van der Waals surface area contributed by atoms with Crippen LogP contribution in [0.25, 0.3) is 0 Å². The van der Waals surface area contributed by atoms with Gasteiger partial charge in [-0.25, -0.2) is 5.43 Å². The second-order valence-corrected chi connectivity index (χ2v) is 6.97. The largest absolute Gasteiger partial charge is 0.325 e. The van der Waals surface area contributed by atoms with E-state index in [0.717, 1.165) is 12.8 Å². The molecule has 4 atom stereocenters. The van der Waals surface area contributed by atoms with Crippen LogP contribution < -0.4 is 16.2 Å². The maximum Gasteiger partial charge on any atom is 0.229 e. The molecule has 1 aromatic rings. The molecule has 7 heteroatoms. The van der Waals surface area contributed by atoms with Crippen molar-refractivity contribution in [3.63, 3.8) is 0 Å². The van der Waals surface area contributed by atoms with E-state index in [2.05, 4.69) is 21.2 Å². The molecule has 1 aliphatic carbocycles. The van der Waals surface area contributed by atoms with Gasteiger partial charge in [-0.2, -0.15) is 0 Å². The van der Waals surface area contributed by atoms with Crippen LogP contribution in [0, 0.1) is 11.8 Å². The molecule has 2 aliphatic heterocycles. The first-order chi connectivity index (χ1) is 11.7. The van der Waals surface area contributed by atoms with Gasteiger partial charge in [-0.3, -0.25) is 20.0 Å². The molecule has 7 nitrogen and oxygen atoms in total. The van der Waals surface area contributed by atoms with Gasteiger partial charge in [0.05, 0.1) is 24.0 Å². The number of nitrogens with one attached hydrogen (secondary N) is 3. The van der Waals surface area contributed by atoms with Crippen molar-refractivity contribution in [1.29, 1.82) is 0 Å². The van der Waals surface area contributed by atoms with Crippen molar-refractivity contribution >= 4 is 17.5 Å². The van der Waals surface area contributed by atoms with E-state index in [9.17, 15) is 9.59 Å². The number of pyridine rings is 1. The molecule has 3 N–H and O–H groups in total. The quantitative estimate of drug-likeness (QED) is 0.766. The molecule has 3 aliphatic rings. The van der Waals surface area contributed by atoms with Crippen molar-refractivity contribution in [3.05, 3.63) is 24.5 Å². The Morgan fingerprint density at radius 2 is 2.17 bits per heavy atom. The van der Waals surface area contributed by atoms with Crippen LogP contribution in [0.3, 0.4) is 0 Å². The topological polar surface area (TPSA) is 86.4 Å². The van der Waals surface area contributed by atoms with Crippen LogP contribution in [0.5, 0.6) is 0 Å². The van der Waals surface area contributed by atoms with Crippen molar-refractivity contribution in [3.8, 4) is 0 Å². The van der Waals surface area contributed by atoms with Gasteiger partial charge in [0, 0.05) is 31.1 Å². The third-order valence-corrected chi connectivity index (χ3v) is 5.44. The van der Waals surface area contributed by atoms with Gasteiger partial charge in [0.1, 0.15) is 0 Å². The monoisotopic (exact) mass is 329 g/mol. The lowest BCUT2D eigenvalue weighted by molar-refractivity contribution is -0.131. The van der Waals surface area contributed by atoms with E-state index in [-0.39, 0.29) is 30.3 Å². The fourth-order valence-corrected chi connectivity index (χ4v) is 4.18. The van der Waals surface area contributed by atoms with E-state index in [4.69, 9.17) is 0 Å². The molecule has 24 heavy (non-hydrogen) atoms. The van der Waals surface area contributed by atoms with E-state index in [0.29, 0.717) is 24.2 Å². The van der Waals surface area contributed by atoms with Gasteiger partial charge >= 0.3 is 0 Å². The Hall–Kier alpha value is -1.99. The Kier molecular flexibility index (Phi) is 4.20. The summed E-state index contributed by atoms with van der Waals surface area (Å²) in [5.41, 5.74) is 7.30. The number of carbonyl (C=O) groups excluding carboxylic acids is 2. The molecular weight excluding hydrogens is 306 g/mol. The standard InChI is InChI=1S/C17H23N5O2/c23-15-8-11(17(24)19-12-4-3-7-18-9-12)10-22(15)16-13-5-1-2-6-14(13)20-21-16/h3-4,7,9,11,13-14,16,20-21H,1-2,5-6,8,10H2,(H,19,24). The summed E-state index contributed by atoms with van der Waals surface area (Å²) in [4.78, 5) is 30.8. The number of fused-ring (bicyclic) bond motifs is 1. The van der Waals surface area contributed by atoms with Crippen LogP contribution in [-0.4, -0.2) is 40.5 Å². The maximum absolute atomic E-state index is 12.5. The second kappa shape index (κ2) is 6.49. The average Bonchev–Trinajstić information content (AvgIpc) is 3.19. The highest BCUT2D eigenvalue weighted by molar-refractivity contribution is 5.97. The zero-order valence-electron chi connectivity index (χ0n) is 13.6. The van der Waals surface area contributed by atoms with Crippen LogP contribution in [0.1, 0.15) is 32.1 Å². The summed E-state index contributed by atoms with van der Waals surface area (Å²) in [6.45, 7) is 0.480. The van der Waals surface area contributed by atoms with Crippen LogP contribution in [-0.2, 0) is 9.59 Å². The Labute approximate surface area is 141 Å². The van der Waals surface area contributed by atoms with Crippen molar-refractivity contribution in [2.45, 2.75) is 44.3 Å². The Morgan fingerprint density at radius 3 is 3.00 bits per heavy atom. The summed E-state index contributed by atoms with van der Waals surface area (Å²) < 4.78 is 0. The van der Waals surface area contributed by atoms with E-state index < -0.39 is 0 Å². The minimum Gasteiger partial charge on any atom is -0.325 e. The van der Waals surface area contributed by atoms with Crippen LogP contribution >= 0.6 is 0 Å². The third-order valence-electron chi connectivity index (χ3n) is 5.44.